The van der Waals surface area contributed by atoms with Crippen LogP contribution >= 0.6 is 0 Å². The molecule has 4 rings (SSSR count). The van der Waals surface area contributed by atoms with E-state index < -0.39 is 21.1 Å². The van der Waals surface area contributed by atoms with Gasteiger partial charge >= 0.3 is 5.97 Å². The van der Waals surface area contributed by atoms with E-state index in [1.807, 2.05) is 0 Å². The highest BCUT2D eigenvalue weighted by atomic mass is 32.2. The van der Waals surface area contributed by atoms with Crippen molar-refractivity contribution in [1.82, 2.24) is 4.90 Å². The molecule has 152 valence electrons. The topological polar surface area (TPSA) is 80.8 Å². The summed E-state index contributed by atoms with van der Waals surface area (Å²) in [6.07, 6.45) is 2.38. The minimum absolute atomic E-state index is 0.143. The van der Waals surface area contributed by atoms with Crippen molar-refractivity contribution in [3.8, 4) is 0 Å². The third-order valence-corrected chi connectivity index (χ3v) is 8.19. The van der Waals surface area contributed by atoms with Crippen LogP contribution in [0.15, 0.2) is 59.5 Å². The Balaban J connectivity index is 1.60. The fraction of sp³-hybridized carbons (Fsp3) is 0.364. The highest BCUT2D eigenvalue weighted by Crippen LogP contribution is 2.40. The number of methoxy groups -OCH3 is 1. The second-order valence-corrected chi connectivity index (χ2v) is 9.81. The largest absolute Gasteiger partial charge is 0.465 e. The lowest BCUT2D eigenvalue weighted by Crippen LogP contribution is -2.50. The monoisotopic (exact) mass is 413 g/mol. The predicted octanol–water partition coefficient (Wildman–Crippen LogP) is 3.08. The molecule has 2 saturated heterocycles. The summed E-state index contributed by atoms with van der Waals surface area (Å²) >= 11 is 0. The quantitative estimate of drug-likeness (QED) is 0.720. The number of carbonyl (C=O) groups is 2. The standard InChI is InChI=1S/C22H23NO5S/c1-28-22(25)20-10-6-5-9-19(20)21(24)23-15-11-12-16(23)14-18(13-15)29(26,27)17-7-3-2-4-8-17/h2-10,15-16,18H,11-14H2,1H3. The van der Waals surface area contributed by atoms with E-state index in [2.05, 4.69) is 0 Å². The van der Waals surface area contributed by atoms with E-state index in [1.165, 1.54) is 7.11 Å². The Morgan fingerprint density at radius 1 is 0.897 bits per heavy atom. The average Bonchev–Trinajstić information content (AvgIpc) is 3.02. The van der Waals surface area contributed by atoms with Gasteiger partial charge in [0.2, 0.25) is 0 Å². The SMILES string of the molecule is COC(=O)c1ccccc1C(=O)N1C2CCC1CC(S(=O)(=O)c1ccccc1)C2. The smallest absolute Gasteiger partial charge is 0.338 e. The normalized spacial score (nSPS) is 23.6. The maximum atomic E-state index is 13.3. The molecular formula is C22H23NO5S. The van der Waals surface area contributed by atoms with Crippen LogP contribution in [0.3, 0.4) is 0 Å². The van der Waals surface area contributed by atoms with Gasteiger partial charge in [0.15, 0.2) is 9.84 Å². The molecule has 0 saturated carbocycles. The Labute approximate surface area is 170 Å². The first-order valence-corrected chi connectivity index (χ1v) is 11.3. The summed E-state index contributed by atoms with van der Waals surface area (Å²) in [5, 5.41) is -0.498. The number of nitrogens with zero attached hydrogens (tertiary/aromatic N) is 1. The third kappa shape index (κ3) is 3.44. The summed E-state index contributed by atoms with van der Waals surface area (Å²) < 4.78 is 30.9. The molecule has 2 aromatic rings. The summed E-state index contributed by atoms with van der Waals surface area (Å²) in [5.41, 5.74) is 0.541. The Bertz CT molecular complexity index is 1020. The van der Waals surface area contributed by atoms with Gasteiger partial charge < -0.3 is 9.64 Å². The number of amides is 1. The fourth-order valence-electron chi connectivity index (χ4n) is 4.61. The van der Waals surface area contributed by atoms with Crippen molar-refractivity contribution in [3.05, 3.63) is 65.7 Å². The van der Waals surface area contributed by atoms with Gasteiger partial charge in [0.25, 0.3) is 5.91 Å². The summed E-state index contributed by atoms with van der Waals surface area (Å²) in [6.45, 7) is 0. The molecule has 2 fully saturated rings. The van der Waals surface area contributed by atoms with Crippen LogP contribution in [0.5, 0.6) is 0 Å². The molecule has 2 aliphatic heterocycles. The molecule has 0 aliphatic carbocycles. The van der Waals surface area contributed by atoms with Gasteiger partial charge in [-0.15, -0.1) is 0 Å². The van der Waals surface area contributed by atoms with Crippen LogP contribution in [0.4, 0.5) is 0 Å². The van der Waals surface area contributed by atoms with Gasteiger partial charge in [0.05, 0.1) is 28.4 Å². The molecule has 2 aromatic carbocycles. The van der Waals surface area contributed by atoms with Crippen molar-refractivity contribution in [2.24, 2.45) is 0 Å². The number of hydrogen-bond donors (Lipinski definition) is 0. The lowest BCUT2D eigenvalue weighted by molar-refractivity contribution is 0.0556. The number of hydrogen-bond acceptors (Lipinski definition) is 5. The van der Waals surface area contributed by atoms with E-state index in [9.17, 15) is 18.0 Å². The molecule has 0 N–H and O–H groups in total. The molecule has 2 atom stereocenters. The van der Waals surface area contributed by atoms with Crippen molar-refractivity contribution < 1.29 is 22.7 Å². The number of benzene rings is 2. The molecule has 2 aliphatic rings. The second kappa shape index (κ2) is 7.63. The molecular weight excluding hydrogens is 390 g/mol. The molecule has 2 unspecified atom stereocenters. The highest BCUT2D eigenvalue weighted by Gasteiger charge is 2.47. The van der Waals surface area contributed by atoms with Crippen LogP contribution in [0.25, 0.3) is 0 Å². The summed E-state index contributed by atoms with van der Waals surface area (Å²) in [4.78, 5) is 27.5. The molecule has 6 nitrogen and oxygen atoms in total. The van der Waals surface area contributed by atoms with Crippen LogP contribution in [0.1, 0.15) is 46.4 Å². The van der Waals surface area contributed by atoms with Crippen LogP contribution in [-0.2, 0) is 14.6 Å². The number of piperidine rings is 1. The van der Waals surface area contributed by atoms with E-state index in [0.717, 1.165) is 12.8 Å². The van der Waals surface area contributed by atoms with E-state index in [4.69, 9.17) is 4.74 Å². The lowest BCUT2D eigenvalue weighted by atomic mass is 9.99. The minimum Gasteiger partial charge on any atom is -0.465 e. The summed E-state index contributed by atoms with van der Waals surface area (Å²) in [6, 6.07) is 14.8. The number of carbonyl (C=O) groups excluding carboxylic acids is 2. The van der Waals surface area contributed by atoms with Gasteiger partial charge in [-0.1, -0.05) is 30.3 Å². The van der Waals surface area contributed by atoms with Gasteiger partial charge in [0.1, 0.15) is 0 Å². The van der Waals surface area contributed by atoms with Crippen LogP contribution in [0.2, 0.25) is 0 Å². The van der Waals surface area contributed by atoms with E-state index in [-0.39, 0.29) is 23.6 Å². The van der Waals surface area contributed by atoms with Crippen molar-refractivity contribution in [3.63, 3.8) is 0 Å². The number of fused-ring (bicyclic) bond motifs is 2. The molecule has 29 heavy (non-hydrogen) atoms. The summed E-state index contributed by atoms with van der Waals surface area (Å²) in [7, 11) is -2.15. The number of esters is 1. The van der Waals surface area contributed by atoms with Crippen LogP contribution in [0, 0.1) is 0 Å². The second-order valence-electron chi connectivity index (χ2n) is 7.59. The van der Waals surface area contributed by atoms with Gasteiger partial charge in [-0.3, -0.25) is 4.79 Å². The zero-order chi connectivity index (χ0) is 20.6. The summed E-state index contributed by atoms with van der Waals surface area (Å²) in [5.74, 6) is -0.781. The van der Waals surface area contributed by atoms with E-state index >= 15 is 0 Å². The van der Waals surface area contributed by atoms with Crippen molar-refractivity contribution in [2.45, 2.75) is 47.9 Å². The van der Waals surface area contributed by atoms with Crippen LogP contribution < -0.4 is 0 Å². The Morgan fingerprint density at radius 2 is 1.45 bits per heavy atom. The zero-order valence-electron chi connectivity index (χ0n) is 16.2. The minimum atomic E-state index is -3.44. The number of rotatable bonds is 4. The van der Waals surface area contributed by atoms with Gasteiger partial charge in [-0.05, 0) is 49.9 Å². The highest BCUT2D eigenvalue weighted by molar-refractivity contribution is 7.92. The number of sulfone groups is 1. The maximum Gasteiger partial charge on any atom is 0.338 e. The fourth-order valence-corrected chi connectivity index (χ4v) is 6.48. The van der Waals surface area contributed by atoms with Crippen molar-refractivity contribution in [1.29, 1.82) is 0 Å². The molecule has 1 amide bonds. The zero-order valence-corrected chi connectivity index (χ0v) is 17.0. The molecule has 0 radical (unpaired) electrons. The Hall–Kier alpha value is -2.67. The van der Waals surface area contributed by atoms with E-state index in [1.54, 1.807) is 59.5 Å². The molecule has 7 heteroatoms. The van der Waals surface area contributed by atoms with Crippen LogP contribution in [-0.4, -0.2) is 49.6 Å². The third-order valence-electron chi connectivity index (χ3n) is 6.00. The van der Waals surface area contributed by atoms with Gasteiger partial charge in [-0.25, -0.2) is 13.2 Å². The van der Waals surface area contributed by atoms with Gasteiger partial charge in [-0.2, -0.15) is 0 Å². The first-order chi connectivity index (χ1) is 13.9. The van der Waals surface area contributed by atoms with Gasteiger partial charge in [0, 0.05) is 12.1 Å². The Morgan fingerprint density at radius 3 is 2.03 bits per heavy atom. The number of ether oxygens (including phenoxy) is 1. The molecule has 0 aromatic heterocycles. The lowest BCUT2D eigenvalue weighted by Gasteiger charge is -2.39. The molecule has 2 heterocycles. The van der Waals surface area contributed by atoms with Crippen molar-refractivity contribution >= 4 is 21.7 Å². The molecule has 0 spiro atoms. The predicted molar refractivity (Wildman–Crippen MR) is 107 cm³/mol. The molecule has 2 bridgehead atoms. The Kier molecular flexibility index (Phi) is 5.17. The average molecular weight is 413 g/mol. The first-order valence-electron chi connectivity index (χ1n) is 9.72. The van der Waals surface area contributed by atoms with Crippen molar-refractivity contribution in [2.75, 3.05) is 7.11 Å². The van der Waals surface area contributed by atoms with E-state index in [0.29, 0.717) is 23.3 Å². The maximum absolute atomic E-state index is 13.3. The first kappa shape index (κ1) is 19.6.